The molecule has 0 aliphatic rings. The van der Waals surface area contributed by atoms with Crippen LogP contribution in [0.3, 0.4) is 0 Å². The van der Waals surface area contributed by atoms with Crippen molar-refractivity contribution >= 4 is 31.5 Å². The Balaban J connectivity index is 2.09. The highest BCUT2D eigenvalue weighted by molar-refractivity contribution is 7.92. The maximum absolute atomic E-state index is 12.8. The minimum Gasteiger partial charge on any atom is -0.481 e. The lowest BCUT2D eigenvalue weighted by atomic mass is 10.0. The van der Waals surface area contributed by atoms with Gasteiger partial charge in [-0.2, -0.15) is 0 Å². The molecule has 0 bridgehead atoms. The summed E-state index contributed by atoms with van der Waals surface area (Å²) < 4.78 is 53.6. The summed E-state index contributed by atoms with van der Waals surface area (Å²) >= 11 is 0. The van der Waals surface area contributed by atoms with Crippen molar-refractivity contribution in [3.8, 4) is 5.75 Å². The molecule has 2 rings (SSSR count). The zero-order valence-corrected chi connectivity index (χ0v) is 20.5. The van der Waals surface area contributed by atoms with Crippen LogP contribution in [0.4, 0.5) is 5.69 Å². The number of sulfonamides is 1. The van der Waals surface area contributed by atoms with Crippen LogP contribution in [0.2, 0.25) is 0 Å². The lowest BCUT2D eigenvalue weighted by Crippen LogP contribution is -2.40. The summed E-state index contributed by atoms with van der Waals surface area (Å²) in [4.78, 5) is 13.1. The Morgan fingerprint density at radius 2 is 1.50 bits per heavy atom. The van der Waals surface area contributed by atoms with Crippen molar-refractivity contribution in [2.24, 2.45) is 0 Å². The average molecular weight is 483 g/mol. The molecule has 176 valence electrons. The first-order valence-corrected chi connectivity index (χ1v) is 13.9. The molecule has 0 saturated heterocycles. The zero-order chi connectivity index (χ0) is 24.1. The number of nitrogens with zero attached hydrogens (tertiary/aromatic N) is 1. The Morgan fingerprint density at radius 1 is 0.938 bits per heavy atom. The number of benzene rings is 2. The molecule has 2 aromatic carbocycles. The second kappa shape index (κ2) is 10.4. The van der Waals surface area contributed by atoms with E-state index in [-0.39, 0.29) is 16.8 Å². The van der Waals surface area contributed by atoms with Gasteiger partial charge in [-0.3, -0.25) is 9.10 Å². The van der Waals surface area contributed by atoms with Gasteiger partial charge in [0.1, 0.15) is 5.75 Å². The Labute approximate surface area is 190 Å². The summed E-state index contributed by atoms with van der Waals surface area (Å²) in [5, 5.41) is 2.96. The van der Waals surface area contributed by atoms with Crippen LogP contribution in [0, 0.1) is 0 Å². The molecule has 8 nitrogen and oxygen atoms in total. The predicted octanol–water partition coefficient (Wildman–Crippen LogP) is 2.91. The number of ether oxygens (including phenoxy) is 1. The zero-order valence-electron chi connectivity index (χ0n) is 18.9. The molecule has 0 radical (unpaired) electrons. The van der Waals surface area contributed by atoms with E-state index in [9.17, 15) is 21.6 Å². The topological polar surface area (TPSA) is 110 Å². The molecule has 0 aliphatic carbocycles. The molecule has 0 aromatic heterocycles. The lowest BCUT2D eigenvalue weighted by Gasteiger charge is -2.23. The molecule has 0 heterocycles. The molecule has 2 atom stereocenters. The second-order valence-corrected chi connectivity index (χ2v) is 11.6. The minimum absolute atomic E-state index is 0.224. The number of hydrogen-bond donors (Lipinski definition) is 1. The van der Waals surface area contributed by atoms with Crippen molar-refractivity contribution in [3.63, 3.8) is 0 Å². The Kier molecular flexibility index (Phi) is 8.30. The normalized spacial score (nSPS) is 13.8. The molecule has 10 heteroatoms. The molecule has 0 unspecified atom stereocenters. The van der Waals surface area contributed by atoms with Crippen LogP contribution in [0.15, 0.2) is 53.4 Å². The highest BCUT2D eigenvalue weighted by atomic mass is 32.2. The van der Waals surface area contributed by atoms with Gasteiger partial charge in [-0.05, 0) is 54.8 Å². The smallest absolute Gasteiger partial charge is 0.261 e. The van der Waals surface area contributed by atoms with Crippen molar-refractivity contribution in [2.45, 2.75) is 43.7 Å². The van der Waals surface area contributed by atoms with Gasteiger partial charge in [-0.25, -0.2) is 16.8 Å². The molecule has 1 amide bonds. The van der Waals surface area contributed by atoms with E-state index in [4.69, 9.17) is 4.74 Å². The number of sulfone groups is 1. The number of carbonyl (C=O) groups is 1. The van der Waals surface area contributed by atoms with Gasteiger partial charge in [0.2, 0.25) is 10.0 Å². The van der Waals surface area contributed by atoms with Gasteiger partial charge < -0.3 is 10.1 Å². The molecular weight excluding hydrogens is 452 g/mol. The quantitative estimate of drug-likeness (QED) is 0.558. The average Bonchev–Trinajstić information content (AvgIpc) is 2.74. The van der Waals surface area contributed by atoms with Gasteiger partial charge in [-0.15, -0.1) is 0 Å². The highest BCUT2D eigenvalue weighted by Crippen LogP contribution is 2.23. The van der Waals surface area contributed by atoms with E-state index in [2.05, 4.69) is 5.32 Å². The van der Waals surface area contributed by atoms with Crippen LogP contribution >= 0.6 is 0 Å². The first kappa shape index (κ1) is 25.7. The lowest BCUT2D eigenvalue weighted by molar-refractivity contribution is -0.128. The van der Waals surface area contributed by atoms with Gasteiger partial charge >= 0.3 is 0 Å². The Hall–Kier alpha value is -2.59. The fraction of sp³-hybridized carbons (Fsp3) is 0.409. The first-order valence-electron chi connectivity index (χ1n) is 10.2. The van der Waals surface area contributed by atoms with Crippen LogP contribution in [0.25, 0.3) is 0 Å². The molecule has 0 aliphatic heterocycles. The molecule has 0 saturated carbocycles. The number of nitrogens with one attached hydrogen (secondary N) is 1. The van der Waals surface area contributed by atoms with Gasteiger partial charge in [0.05, 0.1) is 22.9 Å². The van der Waals surface area contributed by atoms with Gasteiger partial charge in [-0.1, -0.05) is 26.0 Å². The monoisotopic (exact) mass is 482 g/mol. The first-order chi connectivity index (χ1) is 14.9. The third-order valence-corrected chi connectivity index (χ3v) is 7.41. The van der Waals surface area contributed by atoms with Crippen LogP contribution in [-0.4, -0.2) is 48.4 Å². The van der Waals surface area contributed by atoms with Crippen molar-refractivity contribution in [1.82, 2.24) is 5.32 Å². The van der Waals surface area contributed by atoms with E-state index in [1.54, 1.807) is 36.4 Å². The number of anilines is 1. The van der Waals surface area contributed by atoms with E-state index in [0.717, 1.165) is 22.4 Å². The summed E-state index contributed by atoms with van der Waals surface area (Å²) in [5.41, 5.74) is 1.29. The van der Waals surface area contributed by atoms with Crippen molar-refractivity contribution < 1.29 is 26.4 Å². The Morgan fingerprint density at radius 3 is 1.94 bits per heavy atom. The summed E-state index contributed by atoms with van der Waals surface area (Å²) in [5.74, 6) is 0.159. The number of hydrogen-bond acceptors (Lipinski definition) is 6. The minimum atomic E-state index is -3.37. The third kappa shape index (κ3) is 6.70. The third-order valence-electron chi connectivity index (χ3n) is 5.07. The summed E-state index contributed by atoms with van der Waals surface area (Å²) in [6.07, 6.45) is 2.58. The summed E-state index contributed by atoms with van der Waals surface area (Å²) in [6.45, 7) is 3.76. The van der Waals surface area contributed by atoms with E-state index in [1.807, 2.05) is 13.8 Å². The molecule has 0 spiro atoms. The molecule has 2 aromatic rings. The van der Waals surface area contributed by atoms with Crippen LogP contribution in [0.1, 0.15) is 38.3 Å². The van der Waals surface area contributed by atoms with Crippen LogP contribution < -0.4 is 14.4 Å². The largest absolute Gasteiger partial charge is 0.481 e. The van der Waals surface area contributed by atoms with E-state index in [1.165, 1.54) is 19.2 Å². The highest BCUT2D eigenvalue weighted by Gasteiger charge is 2.22. The maximum atomic E-state index is 12.8. The summed E-state index contributed by atoms with van der Waals surface area (Å²) in [7, 11) is -5.20. The fourth-order valence-electron chi connectivity index (χ4n) is 3.05. The van der Waals surface area contributed by atoms with Crippen LogP contribution in [0.5, 0.6) is 5.75 Å². The number of rotatable bonds is 10. The van der Waals surface area contributed by atoms with Gasteiger partial charge in [0, 0.05) is 13.3 Å². The van der Waals surface area contributed by atoms with Gasteiger partial charge in [0.25, 0.3) is 5.91 Å². The molecule has 0 fully saturated rings. The molecular formula is C22H30N2O6S2. The van der Waals surface area contributed by atoms with Crippen molar-refractivity contribution in [2.75, 3.05) is 23.9 Å². The standard InChI is InChI=1S/C22H30N2O6S2/c1-6-20(16-8-14-19(15-9-16)31(4,26)27)23-22(25)21(7-2)30-18-12-10-17(11-13-18)24(3)32(5,28)29/h8-15,20-21H,6-7H2,1-5H3,(H,23,25)/t20-,21-/m1/s1. The van der Waals surface area contributed by atoms with E-state index < -0.39 is 26.0 Å². The maximum Gasteiger partial charge on any atom is 0.261 e. The predicted molar refractivity (Wildman–Crippen MR) is 125 cm³/mol. The van der Waals surface area contributed by atoms with Gasteiger partial charge in [0.15, 0.2) is 15.9 Å². The molecule has 32 heavy (non-hydrogen) atoms. The molecule has 1 N–H and O–H groups in total. The second-order valence-electron chi connectivity index (χ2n) is 7.55. The number of amides is 1. The van der Waals surface area contributed by atoms with Crippen molar-refractivity contribution in [3.05, 3.63) is 54.1 Å². The summed E-state index contributed by atoms with van der Waals surface area (Å²) in [6, 6.07) is 12.6. The van der Waals surface area contributed by atoms with E-state index in [0.29, 0.717) is 24.3 Å². The van der Waals surface area contributed by atoms with Crippen LogP contribution in [-0.2, 0) is 24.7 Å². The SMILES string of the molecule is CC[C@@H](Oc1ccc(N(C)S(C)(=O)=O)cc1)C(=O)N[C@H](CC)c1ccc(S(C)(=O)=O)cc1. The van der Waals surface area contributed by atoms with E-state index >= 15 is 0 Å². The number of carbonyl (C=O) groups excluding carboxylic acids is 1. The Bertz CT molecular complexity index is 1130. The fourth-order valence-corrected chi connectivity index (χ4v) is 4.18. The van der Waals surface area contributed by atoms with Crippen molar-refractivity contribution in [1.29, 1.82) is 0 Å².